The third kappa shape index (κ3) is 16.9. The van der Waals surface area contributed by atoms with Gasteiger partial charge in [-0.1, -0.05) is 0 Å². The molecule has 17 nitrogen and oxygen atoms in total. The molecule has 408 valence electrons. The van der Waals surface area contributed by atoms with Gasteiger partial charge in [-0.05, 0) is 77.0 Å². The third-order valence-electron chi connectivity index (χ3n) is 12.4. The van der Waals surface area contributed by atoms with Gasteiger partial charge < -0.3 is 8.25 Å². The van der Waals surface area contributed by atoms with E-state index in [1.165, 1.54) is 194 Å². The SMILES string of the molecule is C1CC[N+]2=C(C1)N(CCN(CCN1CCCC[N+]3=C1CCCC3)CCN1CCCC[N+]3=C1CCCC3)CCCC2.O=S(=O)([N-]S(=O)(=O)C(F)(F)F)C(F)(F)F.O=S(=O)([N-]S(=O)(=O)C(F)(F)F)C(F)(F)F. The van der Waals surface area contributed by atoms with Crippen molar-refractivity contribution in [2.24, 2.45) is 0 Å². The van der Waals surface area contributed by atoms with Gasteiger partial charge in [0.2, 0.25) is 17.5 Å². The van der Waals surface area contributed by atoms with E-state index in [4.69, 9.17) is 0 Å². The molecular formula is C37H60F12N9O8S4+. The van der Waals surface area contributed by atoms with Gasteiger partial charge in [0.05, 0.1) is 78.5 Å². The molecule has 0 saturated heterocycles. The monoisotopic (exact) mass is 1110 g/mol. The predicted molar refractivity (Wildman–Crippen MR) is 232 cm³/mol. The minimum Gasteiger partial charge on any atom is -0.421 e. The Bertz CT molecular complexity index is 2040. The van der Waals surface area contributed by atoms with Gasteiger partial charge in [-0.3, -0.25) is 33.3 Å². The number of rotatable bonds is 13. The van der Waals surface area contributed by atoms with Gasteiger partial charge in [-0.15, -0.1) is 0 Å². The van der Waals surface area contributed by atoms with E-state index in [2.05, 4.69) is 33.3 Å². The van der Waals surface area contributed by atoms with E-state index >= 15 is 0 Å². The maximum Gasteiger partial charge on any atom is 0.480 e. The van der Waals surface area contributed by atoms with Crippen molar-refractivity contribution < 1.29 is 100 Å². The number of hydrogen-bond donors (Lipinski definition) is 0. The Labute approximate surface area is 400 Å². The second kappa shape index (κ2) is 24.5. The Balaban J connectivity index is 0.000000293. The largest absolute Gasteiger partial charge is 0.480 e. The van der Waals surface area contributed by atoms with Gasteiger partial charge in [0.1, 0.15) is 0 Å². The molecule has 0 aromatic carbocycles. The van der Waals surface area contributed by atoms with Crippen LogP contribution >= 0.6 is 0 Å². The summed E-state index contributed by atoms with van der Waals surface area (Å²) in [6.45, 7) is 18.9. The molecule has 0 unspecified atom stereocenters. The van der Waals surface area contributed by atoms with Crippen LogP contribution in [-0.4, -0.2) is 205 Å². The van der Waals surface area contributed by atoms with Gasteiger partial charge in [-0.2, -0.15) is 52.7 Å². The van der Waals surface area contributed by atoms with Gasteiger partial charge in [0.25, 0.3) is 0 Å². The highest BCUT2D eigenvalue weighted by atomic mass is 32.3. The predicted octanol–water partition coefficient (Wildman–Crippen LogP) is 5.48. The Morgan fingerprint density at radius 1 is 0.371 bits per heavy atom. The van der Waals surface area contributed by atoms with Gasteiger partial charge in [0.15, 0.2) is 40.1 Å². The lowest BCUT2D eigenvalue weighted by atomic mass is 10.1. The van der Waals surface area contributed by atoms with Gasteiger partial charge >= 0.3 is 22.0 Å². The van der Waals surface area contributed by atoms with Crippen LogP contribution in [0.15, 0.2) is 0 Å². The fourth-order valence-corrected chi connectivity index (χ4v) is 12.3. The van der Waals surface area contributed by atoms with Crippen molar-refractivity contribution in [1.29, 1.82) is 0 Å². The molecule has 0 amide bonds. The molecule has 70 heavy (non-hydrogen) atoms. The van der Waals surface area contributed by atoms with Crippen LogP contribution in [-0.2, 0) is 40.1 Å². The summed E-state index contributed by atoms with van der Waals surface area (Å²) >= 11 is 0. The van der Waals surface area contributed by atoms with Gasteiger partial charge in [0, 0.05) is 38.9 Å². The van der Waals surface area contributed by atoms with Crippen LogP contribution in [0.3, 0.4) is 0 Å². The fourth-order valence-electron chi connectivity index (χ4n) is 8.89. The van der Waals surface area contributed by atoms with Crippen LogP contribution < -0.4 is 0 Å². The fraction of sp³-hybridized carbons (Fsp3) is 0.919. The number of hydrogen-bond acceptors (Lipinski definition) is 12. The molecular weight excluding hydrogens is 1050 g/mol. The highest BCUT2D eigenvalue weighted by molar-refractivity contribution is 8.13. The second-order valence-corrected chi connectivity index (χ2v) is 24.2. The average Bonchev–Trinajstić information content (AvgIpc) is 3.68. The number of alkyl halides is 12. The smallest absolute Gasteiger partial charge is 0.421 e. The summed E-state index contributed by atoms with van der Waals surface area (Å²) in [5, 5.41) is 0. The Morgan fingerprint density at radius 3 is 0.800 bits per heavy atom. The van der Waals surface area contributed by atoms with E-state index in [-0.39, 0.29) is 0 Å². The molecule has 6 aliphatic rings. The number of amidine groups is 3. The maximum atomic E-state index is 11.4. The number of nitrogens with zero attached hydrogens (tertiary/aromatic N) is 9. The topological polar surface area (TPSA) is 187 Å². The van der Waals surface area contributed by atoms with Crippen molar-refractivity contribution in [2.45, 2.75) is 118 Å². The van der Waals surface area contributed by atoms with Crippen molar-refractivity contribution in [3.63, 3.8) is 0 Å². The highest BCUT2D eigenvalue weighted by Gasteiger charge is 2.48. The summed E-state index contributed by atoms with van der Waals surface area (Å²) in [4.78, 5) is 11.3. The lowest BCUT2D eigenvalue weighted by Crippen LogP contribution is -2.49. The first-order chi connectivity index (χ1) is 32.3. The zero-order valence-electron chi connectivity index (χ0n) is 38.2. The van der Waals surface area contributed by atoms with Crippen LogP contribution in [0, 0.1) is 0 Å². The molecule has 0 aromatic rings. The first kappa shape index (κ1) is 59.8. The van der Waals surface area contributed by atoms with E-state index in [9.17, 15) is 86.4 Å². The van der Waals surface area contributed by atoms with Crippen molar-refractivity contribution in [3.05, 3.63) is 8.25 Å². The van der Waals surface area contributed by atoms with Crippen molar-refractivity contribution in [2.75, 3.05) is 98.2 Å². The minimum atomic E-state index is -6.72. The summed E-state index contributed by atoms with van der Waals surface area (Å²) in [5.41, 5.74) is -24.8. The number of sulfonamides is 4. The first-order valence-electron chi connectivity index (χ1n) is 22.8. The van der Waals surface area contributed by atoms with Crippen molar-refractivity contribution >= 4 is 57.6 Å². The van der Waals surface area contributed by atoms with E-state index in [1.54, 1.807) is 17.5 Å². The van der Waals surface area contributed by atoms with Crippen LogP contribution in [0.5, 0.6) is 0 Å². The lowest BCUT2D eigenvalue weighted by molar-refractivity contribution is -0.537. The van der Waals surface area contributed by atoms with Crippen LogP contribution in [0.2, 0.25) is 0 Å². The van der Waals surface area contributed by atoms with Crippen LogP contribution in [0.25, 0.3) is 8.25 Å². The molecule has 0 N–H and O–H groups in total. The molecule has 0 aliphatic carbocycles. The molecule has 6 rings (SSSR count). The summed E-state index contributed by atoms with van der Waals surface area (Å²) in [6.07, 6.45) is 20.5. The normalized spacial score (nSPS) is 20.8. The molecule has 0 spiro atoms. The molecule has 6 aliphatic heterocycles. The standard InChI is InChI=1S/C33H60N7.2C2F6NO4S2/c1-4-16-35-19-7-10-22-38(31(35)13-1)28-25-34(26-29-39-23-11-8-20-36-17-5-2-14-32(36)39)27-30-40-24-12-9-21-37-18-6-3-15-33(37)40;2*3-1(4,5)14(10,11)9-15(12,13)2(6,7)8/h1-30H2;;/q+3;2*-1. The van der Waals surface area contributed by atoms with Gasteiger partial charge in [-0.25, -0.2) is 33.7 Å². The third-order valence-corrected chi connectivity index (χ3v) is 17.8. The molecule has 33 heteroatoms. The summed E-state index contributed by atoms with van der Waals surface area (Å²) < 4.78 is 227. The Kier molecular flexibility index (Phi) is 21.0. The van der Waals surface area contributed by atoms with E-state index in [0.717, 1.165) is 8.25 Å². The zero-order chi connectivity index (χ0) is 52.4. The first-order valence-corrected chi connectivity index (χ1v) is 28.6. The van der Waals surface area contributed by atoms with Crippen LogP contribution in [0.1, 0.15) is 96.3 Å². The summed E-state index contributed by atoms with van der Waals surface area (Å²) in [7, 11) is -26.9. The summed E-state index contributed by atoms with van der Waals surface area (Å²) in [6, 6.07) is 0. The van der Waals surface area contributed by atoms with E-state index in [1.807, 2.05) is 0 Å². The molecule has 0 atom stereocenters. The van der Waals surface area contributed by atoms with E-state index in [0.29, 0.717) is 0 Å². The molecule has 0 fully saturated rings. The number of halogens is 12. The maximum absolute atomic E-state index is 11.4. The zero-order valence-corrected chi connectivity index (χ0v) is 41.4. The average molecular weight is 1120 g/mol. The minimum absolute atomic E-state index is 0.778. The van der Waals surface area contributed by atoms with Crippen molar-refractivity contribution in [1.82, 2.24) is 19.6 Å². The Morgan fingerprint density at radius 2 is 0.586 bits per heavy atom. The molecule has 0 saturated carbocycles. The molecule has 0 aromatic heterocycles. The van der Waals surface area contributed by atoms with Crippen molar-refractivity contribution in [3.8, 4) is 0 Å². The Hall–Kier alpha value is -2.75. The molecule has 6 heterocycles. The quantitative estimate of drug-likeness (QED) is 0.167. The highest BCUT2D eigenvalue weighted by Crippen LogP contribution is 2.37. The summed E-state index contributed by atoms with van der Waals surface area (Å²) in [5.74, 6) is 5.06. The lowest BCUT2D eigenvalue weighted by Gasteiger charge is -2.30. The van der Waals surface area contributed by atoms with Crippen LogP contribution in [0.4, 0.5) is 52.7 Å². The van der Waals surface area contributed by atoms with E-state index < -0.39 is 62.1 Å². The molecule has 0 bridgehead atoms. The second-order valence-electron chi connectivity index (χ2n) is 17.3. The molecule has 0 radical (unpaired) electrons.